The largest absolute Gasteiger partial charge is 0.344 e. The third-order valence-electron chi connectivity index (χ3n) is 3.54. The minimum Gasteiger partial charge on any atom is -0.309 e. The van der Waals surface area contributed by atoms with Crippen LogP contribution in [0.4, 0.5) is 4.79 Å². The molecule has 2 aliphatic rings. The van der Waals surface area contributed by atoms with Crippen LogP contribution < -0.4 is 10.9 Å². The van der Waals surface area contributed by atoms with Crippen molar-refractivity contribution in [1.29, 1.82) is 0 Å². The summed E-state index contributed by atoms with van der Waals surface area (Å²) >= 11 is 0. The number of hydrogen-bond acceptors (Lipinski definition) is 4. The first-order valence-corrected chi connectivity index (χ1v) is 6.42. The molecule has 0 aromatic rings. The molecule has 0 spiro atoms. The highest BCUT2D eigenvalue weighted by molar-refractivity contribution is 5.89. The van der Waals surface area contributed by atoms with Crippen LogP contribution in [-0.2, 0) is 9.59 Å². The van der Waals surface area contributed by atoms with E-state index in [2.05, 4.69) is 10.9 Å². The monoisotopic (exact) mass is 270 g/mol. The predicted molar refractivity (Wildman–Crippen MR) is 63.7 cm³/mol. The lowest BCUT2D eigenvalue weighted by atomic mass is 10.1. The Morgan fingerprint density at radius 2 is 2.11 bits per heavy atom. The van der Waals surface area contributed by atoms with E-state index in [4.69, 9.17) is 0 Å². The Balaban J connectivity index is 2.00. The molecule has 8 heteroatoms. The van der Waals surface area contributed by atoms with Gasteiger partial charge >= 0.3 is 6.03 Å². The van der Waals surface area contributed by atoms with Gasteiger partial charge in [0.2, 0.25) is 5.91 Å². The molecule has 8 nitrogen and oxygen atoms in total. The predicted octanol–water partition coefficient (Wildman–Crippen LogP) is -0.408. The second kappa shape index (κ2) is 5.43. The number of nitrogens with one attached hydrogen (secondary N) is 2. The van der Waals surface area contributed by atoms with Gasteiger partial charge in [0, 0.05) is 13.0 Å². The lowest BCUT2D eigenvalue weighted by Gasteiger charge is -2.26. The second-order valence-electron chi connectivity index (χ2n) is 4.77. The average molecular weight is 270 g/mol. The van der Waals surface area contributed by atoms with Gasteiger partial charge in [-0.25, -0.2) is 9.86 Å². The SMILES string of the molecule is CCC(=O)NNC(=O)C1CCCC2CN1C(=O)N2O. The molecule has 0 aromatic carbocycles. The lowest BCUT2D eigenvalue weighted by molar-refractivity contribution is -0.131. The molecule has 4 amide bonds. The van der Waals surface area contributed by atoms with Crippen LogP contribution in [-0.4, -0.2) is 51.6 Å². The zero-order valence-corrected chi connectivity index (χ0v) is 10.8. The highest BCUT2D eigenvalue weighted by atomic mass is 16.5. The maximum absolute atomic E-state index is 12.0. The molecule has 106 valence electrons. The van der Waals surface area contributed by atoms with Gasteiger partial charge in [-0.05, 0) is 19.3 Å². The topological polar surface area (TPSA) is 102 Å². The molecule has 2 bridgehead atoms. The highest BCUT2D eigenvalue weighted by Gasteiger charge is 2.44. The van der Waals surface area contributed by atoms with E-state index in [-0.39, 0.29) is 18.4 Å². The summed E-state index contributed by atoms with van der Waals surface area (Å²) in [4.78, 5) is 36.2. The molecule has 0 saturated carbocycles. The van der Waals surface area contributed by atoms with Gasteiger partial charge in [-0.3, -0.25) is 25.6 Å². The summed E-state index contributed by atoms with van der Waals surface area (Å²) in [6, 6.07) is -1.44. The van der Waals surface area contributed by atoms with Gasteiger partial charge in [-0.1, -0.05) is 6.92 Å². The molecule has 2 atom stereocenters. The summed E-state index contributed by atoms with van der Waals surface area (Å²) in [5.74, 6) is -0.720. The molecule has 2 aliphatic heterocycles. The third kappa shape index (κ3) is 2.62. The van der Waals surface area contributed by atoms with Crippen LogP contribution in [0.5, 0.6) is 0 Å². The van der Waals surface area contributed by atoms with E-state index in [1.165, 1.54) is 4.90 Å². The number of hydroxylamine groups is 2. The number of urea groups is 1. The summed E-state index contributed by atoms with van der Waals surface area (Å²) in [6.45, 7) is 2.01. The average Bonchev–Trinajstić information content (AvgIpc) is 2.62. The molecule has 3 N–H and O–H groups in total. The summed E-state index contributed by atoms with van der Waals surface area (Å²) in [7, 11) is 0. The quantitative estimate of drug-likeness (QED) is 0.469. The van der Waals surface area contributed by atoms with E-state index in [9.17, 15) is 19.6 Å². The number of amides is 4. The van der Waals surface area contributed by atoms with Gasteiger partial charge in [0.25, 0.3) is 5.91 Å². The molecule has 2 fully saturated rings. The molecule has 0 radical (unpaired) electrons. The Kier molecular flexibility index (Phi) is 3.89. The Hall–Kier alpha value is -1.83. The maximum atomic E-state index is 12.0. The normalized spacial score (nSPS) is 26.1. The first kappa shape index (κ1) is 13.6. The number of carbonyl (C=O) groups excluding carboxylic acids is 3. The van der Waals surface area contributed by atoms with Crippen molar-refractivity contribution in [1.82, 2.24) is 20.8 Å². The molecule has 0 aliphatic carbocycles. The molecule has 2 heterocycles. The first-order valence-electron chi connectivity index (χ1n) is 6.42. The lowest BCUT2D eigenvalue weighted by Crippen LogP contribution is -2.53. The fourth-order valence-electron chi connectivity index (χ4n) is 2.42. The number of carbonyl (C=O) groups is 3. The van der Waals surface area contributed by atoms with E-state index >= 15 is 0 Å². The van der Waals surface area contributed by atoms with Gasteiger partial charge in [0.15, 0.2) is 0 Å². The summed E-state index contributed by atoms with van der Waals surface area (Å²) in [5.41, 5.74) is 4.60. The molecule has 2 unspecified atom stereocenters. The van der Waals surface area contributed by atoms with Crippen molar-refractivity contribution in [2.75, 3.05) is 6.54 Å². The third-order valence-corrected chi connectivity index (χ3v) is 3.54. The highest BCUT2D eigenvalue weighted by Crippen LogP contribution is 2.27. The number of nitrogens with zero attached hydrogens (tertiary/aromatic N) is 2. The number of hydrazine groups is 1. The van der Waals surface area contributed by atoms with Crippen molar-refractivity contribution in [3.05, 3.63) is 0 Å². The van der Waals surface area contributed by atoms with Gasteiger partial charge in [0.05, 0.1) is 6.04 Å². The van der Waals surface area contributed by atoms with E-state index in [0.29, 0.717) is 24.4 Å². The van der Waals surface area contributed by atoms with Crippen LogP contribution in [0.3, 0.4) is 0 Å². The Bertz CT molecular complexity index is 400. The minimum absolute atomic E-state index is 0.240. The van der Waals surface area contributed by atoms with Gasteiger partial charge in [-0.15, -0.1) is 0 Å². The Morgan fingerprint density at radius 3 is 2.79 bits per heavy atom. The van der Waals surface area contributed by atoms with Crippen LogP contribution >= 0.6 is 0 Å². The van der Waals surface area contributed by atoms with E-state index < -0.39 is 18.0 Å². The maximum Gasteiger partial charge on any atom is 0.344 e. The van der Waals surface area contributed by atoms with Crippen LogP contribution in [0.15, 0.2) is 0 Å². The van der Waals surface area contributed by atoms with Crippen LogP contribution in [0.1, 0.15) is 32.6 Å². The van der Waals surface area contributed by atoms with E-state index in [0.717, 1.165) is 6.42 Å². The van der Waals surface area contributed by atoms with Crippen molar-refractivity contribution >= 4 is 17.8 Å². The fourth-order valence-corrected chi connectivity index (χ4v) is 2.42. The molecule has 19 heavy (non-hydrogen) atoms. The molecular weight excluding hydrogens is 252 g/mol. The minimum atomic E-state index is -0.646. The number of hydrogen-bond donors (Lipinski definition) is 3. The summed E-state index contributed by atoms with van der Waals surface area (Å²) in [5, 5.41) is 10.3. The second-order valence-corrected chi connectivity index (χ2v) is 4.77. The fraction of sp³-hybridized carbons (Fsp3) is 0.727. The van der Waals surface area contributed by atoms with Crippen LogP contribution in [0.25, 0.3) is 0 Å². The van der Waals surface area contributed by atoms with Crippen molar-refractivity contribution in [2.45, 2.75) is 44.7 Å². The van der Waals surface area contributed by atoms with Gasteiger partial charge in [0.1, 0.15) is 6.04 Å². The van der Waals surface area contributed by atoms with Crippen molar-refractivity contribution in [3.63, 3.8) is 0 Å². The number of fused-ring (bicyclic) bond motifs is 2. The van der Waals surface area contributed by atoms with E-state index in [1.54, 1.807) is 6.92 Å². The summed E-state index contributed by atoms with van der Waals surface area (Å²) < 4.78 is 0. The van der Waals surface area contributed by atoms with Crippen LogP contribution in [0.2, 0.25) is 0 Å². The molecular formula is C11H18N4O4. The van der Waals surface area contributed by atoms with Crippen molar-refractivity contribution < 1.29 is 19.6 Å². The van der Waals surface area contributed by atoms with Crippen LogP contribution in [0, 0.1) is 0 Å². The van der Waals surface area contributed by atoms with E-state index in [1.807, 2.05) is 0 Å². The first-order chi connectivity index (χ1) is 9.04. The van der Waals surface area contributed by atoms with Gasteiger partial charge in [-0.2, -0.15) is 0 Å². The molecule has 2 saturated heterocycles. The standard InChI is InChI=1S/C11H18N4O4/c1-2-9(16)12-13-10(17)8-5-3-4-7-6-14(8)11(18)15(7)19/h7-8,19H,2-6H2,1H3,(H,12,16)(H,13,17). The summed E-state index contributed by atoms with van der Waals surface area (Å²) in [6.07, 6.45) is 2.21. The zero-order valence-electron chi connectivity index (χ0n) is 10.8. The smallest absolute Gasteiger partial charge is 0.309 e. The molecule has 2 rings (SSSR count). The van der Waals surface area contributed by atoms with Crippen molar-refractivity contribution in [2.24, 2.45) is 0 Å². The Labute approximate surface area is 110 Å². The zero-order chi connectivity index (χ0) is 14.0. The Morgan fingerprint density at radius 1 is 1.37 bits per heavy atom. The number of rotatable bonds is 2. The molecule has 0 aromatic heterocycles. The van der Waals surface area contributed by atoms with Gasteiger partial charge < -0.3 is 4.90 Å². The van der Waals surface area contributed by atoms with Crippen molar-refractivity contribution in [3.8, 4) is 0 Å².